The molecule has 0 saturated carbocycles. The summed E-state index contributed by atoms with van der Waals surface area (Å²) in [7, 11) is 0. The van der Waals surface area contributed by atoms with Crippen LogP contribution in [0.5, 0.6) is 0 Å². The number of hydrogen-bond acceptors (Lipinski definition) is 9. The number of benzene rings is 2. The highest BCUT2D eigenvalue weighted by Crippen LogP contribution is 2.25. The van der Waals surface area contributed by atoms with Gasteiger partial charge in [0.25, 0.3) is 11.5 Å². The maximum atomic E-state index is 14.2. The van der Waals surface area contributed by atoms with Gasteiger partial charge in [-0.1, -0.05) is 18.2 Å². The zero-order chi connectivity index (χ0) is 28.1. The molecule has 0 saturated heterocycles. The SMILES string of the molecule is Nc1nc2ncc(CNc3ccc(C(=O)N[C@@H](CC(C(=O)O)c4ccccc4F)C(=O)O)cc3)nc2c(=O)[nH]1. The van der Waals surface area contributed by atoms with Crippen LogP contribution in [0.3, 0.4) is 0 Å². The van der Waals surface area contributed by atoms with Gasteiger partial charge in [-0.05, 0) is 36.8 Å². The van der Waals surface area contributed by atoms with Crippen molar-refractivity contribution in [3.05, 3.63) is 87.7 Å². The van der Waals surface area contributed by atoms with Crippen LogP contribution < -0.4 is 21.9 Å². The van der Waals surface area contributed by atoms with Crippen LogP contribution in [0.2, 0.25) is 0 Å². The van der Waals surface area contributed by atoms with Crippen LogP contribution >= 0.6 is 0 Å². The molecule has 4 rings (SSSR count). The van der Waals surface area contributed by atoms with Gasteiger partial charge in [0.2, 0.25) is 5.95 Å². The number of nitrogens with one attached hydrogen (secondary N) is 3. The smallest absolute Gasteiger partial charge is 0.326 e. The number of carboxylic acids is 2. The quantitative estimate of drug-likeness (QED) is 0.171. The number of amides is 1. The fourth-order valence-electron chi connectivity index (χ4n) is 3.81. The van der Waals surface area contributed by atoms with Gasteiger partial charge in [0, 0.05) is 16.8 Å². The minimum absolute atomic E-state index is 0.0312. The average Bonchev–Trinajstić information content (AvgIpc) is 2.90. The summed E-state index contributed by atoms with van der Waals surface area (Å²) in [5.74, 6) is -5.97. The number of carbonyl (C=O) groups excluding carboxylic acids is 1. The monoisotopic (exact) mass is 535 g/mol. The molecule has 200 valence electrons. The molecule has 2 aromatic heterocycles. The molecule has 39 heavy (non-hydrogen) atoms. The lowest BCUT2D eigenvalue weighted by Crippen LogP contribution is -2.42. The number of rotatable bonds is 10. The molecule has 2 aromatic carbocycles. The van der Waals surface area contributed by atoms with E-state index in [2.05, 4.69) is 30.6 Å². The summed E-state index contributed by atoms with van der Waals surface area (Å²) < 4.78 is 14.2. The number of nitrogens with zero attached hydrogens (tertiary/aromatic N) is 3. The average molecular weight is 535 g/mol. The second-order valence-electron chi connectivity index (χ2n) is 8.43. The van der Waals surface area contributed by atoms with Crippen molar-refractivity contribution < 1.29 is 29.0 Å². The molecule has 0 bridgehead atoms. The Kier molecular flexibility index (Phi) is 7.74. The summed E-state index contributed by atoms with van der Waals surface area (Å²) in [6, 6.07) is 9.58. The number of aromatic nitrogens is 4. The van der Waals surface area contributed by atoms with E-state index in [-0.39, 0.29) is 34.8 Å². The van der Waals surface area contributed by atoms with Crippen LogP contribution in [-0.4, -0.2) is 54.0 Å². The number of nitrogen functional groups attached to an aromatic ring is 1. The number of aromatic amines is 1. The Hall–Kier alpha value is -5.40. The second-order valence-corrected chi connectivity index (χ2v) is 8.43. The molecule has 1 unspecified atom stereocenters. The maximum Gasteiger partial charge on any atom is 0.326 e. The molecule has 0 aliphatic carbocycles. The molecule has 0 spiro atoms. The molecule has 2 atom stereocenters. The van der Waals surface area contributed by atoms with Crippen LogP contribution in [0.1, 0.15) is 34.0 Å². The fraction of sp³-hybridized carbons (Fsp3) is 0.160. The first-order valence-corrected chi connectivity index (χ1v) is 11.5. The van der Waals surface area contributed by atoms with E-state index in [4.69, 9.17) is 5.73 Å². The van der Waals surface area contributed by atoms with Crippen LogP contribution in [0.4, 0.5) is 16.0 Å². The molecule has 4 aromatic rings. The van der Waals surface area contributed by atoms with Gasteiger partial charge < -0.3 is 26.6 Å². The van der Waals surface area contributed by atoms with Crippen LogP contribution in [0, 0.1) is 5.82 Å². The van der Waals surface area contributed by atoms with Crippen molar-refractivity contribution in [3.63, 3.8) is 0 Å². The number of aliphatic carboxylic acids is 2. The first-order chi connectivity index (χ1) is 18.6. The van der Waals surface area contributed by atoms with E-state index < -0.39 is 47.6 Å². The lowest BCUT2D eigenvalue weighted by Gasteiger charge is -2.20. The summed E-state index contributed by atoms with van der Waals surface area (Å²) in [6.45, 7) is 0.187. The van der Waals surface area contributed by atoms with Crippen molar-refractivity contribution in [1.29, 1.82) is 0 Å². The minimum Gasteiger partial charge on any atom is -0.481 e. The molecule has 0 radical (unpaired) electrons. The predicted octanol–water partition coefficient (Wildman–Crippen LogP) is 1.49. The molecule has 0 fully saturated rings. The highest BCUT2D eigenvalue weighted by Gasteiger charge is 2.31. The molecular weight excluding hydrogens is 513 g/mol. The van der Waals surface area contributed by atoms with E-state index in [9.17, 15) is 33.8 Å². The van der Waals surface area contributed by atoms with Gasteiger partial charge in [0.05, 0.1) is 24.4 Å². The largest absolute Gasteiger partial charge is 0.481 e. The molecule has 2 heterocycles. The fourth-order valence-corrected chi connectivity index (χ4v) is 3.81. The summed E-state index contributed by atoms with van der Waals surface area (Å²) in [4.78, 5) is 62.8. The number of halogens is 1. The van der Waals surface area contributed by atoms with Crippen molar-refractivity contribution >= 4 is 40.6 Å². The van der Waals surface area contributed by atoms with E-state index in [0.29, 0.717) is 11.4 Å². The summed E-state index contributed by atoms with van der Waals surface area (Å²) in [6.07, 6.45) is 0.871. The van der Waals surface area contributed by atoms with Crippen molar-refractivity contribution in [2.24, 2.45) is 0 Å². The Labute approximate surface area is 219 Å². The number of hydrogen-bond donors (Lipinski definition) is 6. The predicted molar refractivity (Wildman–Crippen MR) is 136 cm³/mol. The molecular formula is C25H22FN7O6. The number of nitrogens with two attached hydrogens (primary N) is 1. The highest BCUT2D eigenvalue weighted by atomic mass is 19.1. The summed E-state index contributed by atoms with van der Waals surface area (Å²) in [5.41, 5.74) is 6.07. The number of anilines is 2. The van der Waals surface area contributed by atoms with Crippen LogP contribution in [0.25, 0.3) is 11.2 Å². The number of H-pyrrole nitrogens is 1. The van der Waals surface area contributed by atoms with Gasteiger partial charge in [-0.15, -0.1) is 0 Å². The third-order valence-corrected chi connectivity index (χ3v) is 5.76. The number of carboxylic acid groups (broad SMARTS) is 2. The van der Waals surface area contributed by atoms with Gasteiger partial charge in [-0.3, -0.25) is 19.4 Å². The van der Waals surface area contributed by atoms with Gasteiger partial charge in [0.1, 0.15) is 11.9 Å². The van der Waals surface area contributed by atoms with E-state index in [1.54, 1.807) is 12.1 Å². The van der Waals surface area contributed by atoms with Crippen molar-refractivity contribution in [1.82, 2.24) is 25.3 Å². The number of fused-ring (bicyclic) bond motifs is 1. The Balaban J connectivity index is 1.41. The highest BCUT2D eigenvalue weighted by molar-refractivity contribution is 5.97. The Bertz CT molecular complexity index is 1610. The molecule has 13 nitrogen and oxygen atoms in total. The van der Waals surface area contributed by atoms with Crippen molar-refractivity contribution in [2.75, 3.05) is 11.1 Å². The van der Waals surface area contributed by atoms with Gasteiger partial charge in [0.15, 0.2) is 11.2 Å². The van der Waals surface area contributed by atoms with Gasteiger partial charge in [-0.2, -0.15) is 4.98 Å². The lowest BCUT2D eigenvalue weighted by molar-refractivity contribution is -0.141. The Morgan fingerprint density at radius 1 is 1.03 bits per heavy atom. The molecule has 0 aliphatic rings. The first-order valence-electron chi connectivity index (χ1n) is 11.5. The zero-order valence-electron chi connectivity index (χ0n) is 20.1. The Morgan fingerprint density at radius 3 is 2.41 bits per heavy atom. The number of carbonyl (C=O) groups is 3. The summed E-state index contributed by atoms with van der Waals surface area (Å²) >= 11 is 0. The minimum atomic E-state index is -1.59. The Morgan fingerprint density at radius 2 is 1.74 bits per heavy atom. The molecule has 7 N–H and O–H groups in total. The van der Waals surface area contributed by atoms with Gasteiger partial charge >= 0.3 is 11.9 Å². The second kappa shape index (κ2) is 11.3. The van der Waals surface area contributed by atoms with Gasteiger partial charge in [-0.25, -0.2) is 19.2 Å². The van der Waals surface area contributed by atoms with E-state index >= 15 is 0 Å². The van der Waals surface area contributed by atoms with Crippen LogP contribution in [0.15, 0.2) is 59.5 Å². The van der Waals surface area contributed by atoms with Crippen LogP contribution in [-0.2, 0) is 16.1 Å². The normalized spacial score (nSPS) is 12.4. The molecule has 14 heteroatoms. The lowest BCUT2D eigenvalue weighted by atomic mass is 9.91. The molecule has 1 amide bonds. The van der Waals surface area contributed by atoms with E-state index in [0.717, 1.165) is 6.07 Å². The third kappa shape index (κ3) is 6.30. The maximum absolute atomic E-state index is 14.2. The van der Waals surface area contributed by atoms with E-state index in [1.807, 2.05) is 0 Å². The topological polar surface area (TPSA) is 213 Å². The first kappa shape index (κ1) is 26.7. The van der Waals surface area contributed by atoms with Crippen molar-refractivity contribution in [3.8, 4) is 0 Å². The zero-order valence-corrected chi connectivity index (χ0v) is 20.1. The standard InChI is InChI=1S/C25H22FN7O6/c26-17-4-2-1-3-15(17)16(23(36)37)9-18(24(38)39)31-21(34)12-5-7-13(8-6-12)28-10-14-11-29-20-19(30-14)22(35)33-25(27)32-20/h1-8,11,16,18,28H,9-10H2,(H,31,34)(H,36,37)(H,38,39)(H3,27,29,32,33,35)/t16?,18-/m0/s1. The van der Waals surface area contributed by atoms with E-state index in [1.165, 1.54) is 36.5 Å². The summed E-state index contributed by atoms with van der Waals surface area (Å²) in [5, 5.41) is 24.5. The third-order valence-electron chi connectivity index (χ3n) is 5.76. The van der Waals surface area contributed by atoms with Crippen molar-refractivity contribution in [2.45, 2.75) is 24.9 Å². The molecule has 0 aliphatic heterocycles.